The monoisotopic (exact) mass is 385 g/mol. The lowest BCUT2D eigenvalue weighted by atomic mass is 10.5. The number of hydrogen-bond acceptors (Lipinski definition) is 7. The van der Waals surface area contributed by atoms with E-state index in [0.29, 0.717) is 46.2 Å². The summed E-state index contributed by atoms with van der Waals surface area (Å²) in [7, 11) is -4.13. The van der Waals surface area contributed by atoms with E-state index in [1.54, 1.807) is 0 Å². The van der Waals surface area contributed by atoms with Crippen LogP contribution >= 0.6 is 0 Å². The second-order valence-corrected chi connectivity index (χ2v) is 8.84. The summed E-state index contributed by atoms with van der Waals surface area (Å²) < 4.78 is 32.6. The summed E-state index contributed by atoms with van der Waals surface area (Å²) in [5, 5.41) is 0. The van der Waals surface area contributed by atoms with Gasteiger partial charge in [0.15, 0.2) is 0 Å². The minimum atomic E-state index is -2.40. The van der Waals surface area contributed by atoms with Gasteiger partial charge in [-0.25, -0.2) is 0 Å². The van der Waals surface area contributed by atoms with Crippen molar-refractivity contribution in [2.75, 3.05) is 46.2 Å². The van der Waals surface area contributed by atoms with Gasteiger partial charge in [0.05, 0.1) is 0 Å². The molecule has 0 saturated carbocycles. The van der Waals surface area contributed by atoms with Crippen LogP contribution in [0.25, 0.3) is 0 Å². The number of rotatable bonds is 15. The van der Waals surface area contributed by atoms with Crippen molar-refractivity contribution in [3.8, 4) is 0 Å². The third kappa shape index (κ3) is 14.5. The molecule has 0 aromatic carbocycles. The Morgan fingerprint density at radius 3 is 1.29 bits per heavy atom. The van der Waals surface area contributed by atoms with E-state index in [2.05, 4.69) is 0 Å². The molecule has 7 nitrogen and oxygen atoms in total. The molecule has 0 spiro atoms. The van der Waals surface area contributed by atoms with Crippen molar-refractivity contribution < 1.29 is 26.6 Å². The molecule has 0 aromatic heterocycles. The molecule has 9 heteroatoms. The minimum Gasteiger partial charge on any atom is -0.376 e. The minimum absolute atomic E-state index is 0.636. The quantitative estimate of drug-likeness (QED) is 0.433. The topological polar surface area (TPSA) is 81.4 Å². The van der Waals surface area contributed by atoms with Crippen LogP contribution in [0.2, 0.25) is 6.04 Å². The van der Waals surface area contributed by atoms with Crippen LogP contribution in [0.4, 0.5) is 0 Å². The average Bonchev–Trinajstić information content (AvgIpc) is 2.55. The fraction of sp³-hybridized carbons (Fsp3) is 1.00. The van der Waals surface area contributed by atoms with Crippen LogP contribution in [-0.2, 0) is 26.6 Å². The van der Waals surface area contributed by atoms with E-state index in [1.807, 2.05) is 41.5 Å². The standard InChI is InChI=1S/C9H23NO3Si.C6H16O3Si/c1-4-11-14(12-5-2,13-6-3)9-7-8-10;1-4-7-10(8-5-2)9-6-3/h4-10H2,1-3H3;10H,4-6H2,1-3H3. The highest BCUT2D eigenvalue weighted by Crippen LogP contribution is 2.17. The molecule has 148 valence electrons. The van der Waals surface area contributed by atoms with Crippen LogP contribution in [0, 0.1) is 0 Å². The maximum atomic E-state index is 5.65. The SMILES string of the molecule is CCO[SiH](OCC)OCC.CCO[Si](CCCN)(OCC)OCC. The predicted octanol–water partition coefficient (Wildman–Crippen LogP) is 2.20. The molecule has 0 unspecified atom stereocenters. The van der Waals surface area contributed by atoms with Gasteiger partial charge >= 0.3 is 18.3 Å². The lowest BCUT2D eigenvalue weighted by Crippen LogP contribution is -2.46. The molecule has 2 N–H and O–H groups in total. The molecule has 0 saturated heterocycles. The Bertz CT molecular complexity index is 221. The van der Waals surface area contributed by atoms with Crippen LogP contribution in [0.3, 0.4) is 0 Å². The van der Waals surface area contributed by atoms with Crippen LogP contribution in [0.5, 0.6) is 0 Å². The van der Waals surface area contributed by atoms with Gasteiger partial charge in [0, 0.05) is 45.7 Å². The maximum absolute atomic E-state index is 5.65. The van der Waals surface area contributed by atoms with E-state index < -0.39 is 18.3 Å². The number of nitrogens with two attached hydrogens (primary N) is 1. The molecular weight excluding hydrogens is 346 g/mol. The van der Waals surface area contributed by atoms with Crippen LogP contribution in [0.15, 0.2) is 0 Å². The summed E-state index contributed by atoms with van der Waals surface area (Å²) in [4.78, 5) is 0. The van der Waals surface area contributed by atoms with E-state index in [0.717, 1.165) is 12.5 Å². The molecule has 0 fully saturated rings. The van der Waals surface area contributed by atoms with Gasteiger partial charge < -0.3 is 32.3 Å². The van der Waals surface area contributed by atoms with Gasteiger partial charge in [-0.2, -0.15) is 0 Å². The average molecular weight is 386 g/mol. The van der Waals surface area contributed by atoms with Crippen LogP contribution in [0.1, 0.15) is 48.0 Å². The predicted molar refractivity (Wildman–Crippen MR) is 101 cm³/mol. The maximum Gasteiger partial charge on any atom is 0.500 e. The van der Waals surface area contributed by atoms with Gasteiger partial charge in [-0.3, -0.25) is 0 Å². The molecule has 0 amide bonds. The number of hydrogen-bond donors (Lipinski definition) is 1. The van der Waals surface area contributed by atoms with Crippen molar-refractivity contribution in [1.29, 1.82) is 0 Å². The summed E-state index contributed by atoms with van der Waals surface area (Å²) >= 11 is 0. The molecule has 24 heavy (non-hydrogen) atoms. The first-order valence-electron chi connectivity index (χ1n) is 9.06. The van der Waals surface area contributed by atoms with Gasteiger partial charge in [-0.05, 0) is 54.5 Å². The Labute approximate surface area is 151 Å². The summed E-state index contributed by atoms with van der Waals surface area (Å²) in [6, 6.07) is 0.818. The van der Waals surface area contributed by atoms with Gasteiger partial charge in [0.1, 0.15) is 0 Å². The normalized spacial score (nSPS) is 11.5. The highest BCUT2D eigenvalue weighted by Gasteiger charge is 2.39. The molecule has 0 aliphatic carbocycles. The fourth-order valence-corrected chi connectivity index (χ4v) is 5.62. The first kappa shape index (κ1) is 26.4. The molecular formula is C15H39NO6Si2. The first-order valence-corrected chi connectivity index (χ1v) is 12.4. The lowest BCUT2D eigenvalue weighted by molar-refractivity contribution is 0.0709. The second kappa shape index (κ2) is 19.5. The van der Waals surface area contributed by atoms with E-state index in [4.69, 9.17) is 32.3 Å². The van der Waals surface area contributed by atoms with Crippen LogP contribution in [-0.4, -0.2) is 64.5 Å². The van der Waals surface area contributed by atoms with E-state index >= 15 is 0 Å². The molecule has 0 rings (SSSR count). The first-order chi connectivity index (χ1) is 11.6. The molecule has 0 atom stereocenters. The van der Waals surface area contributed by atoms with Crippen molar-refractivity contribution in [3.05, 3.63) is 0 Å². The van der Waals surface area contributed by atoms with Crippen molar-refractivity contribution in [3.63, 3.8) is 0 Å². The van der Waals surface area contributed by atoms with Gasteiger partial charge in [0.2, 0.25) is 0 Å². The van der Waals surface area contributed by atoms with Gasteiger partial charge in [-0.15, -0.1) is 0 Å². The third-order valence-corrected chi connectivity index (χ3v) is 7.66. The Morgan fingerprint density at radius 2 is 1.04 bits per heavy atom. The molecule has 0 radical (unpaired) electrons. The Kier molecular flexibility index (Phi) is 21.4. The highest BCUT2D eigenvalue weighted by atomic mass is 28.4. The fourth-order valence-electron chi connectivity index (χ4n) is 1.87. The molecule has 0 aromatic rings. The molecule has 0 aliphatic rings. The molecule has 0 bridgehead atoms. The van der Waals surface area contributed by atoms with Crippen molar-refractivity contribution in [1.82, 2.24) is 0 Å². The Hall–Kier alpha value is 0.154. The largest absolute Gasteiger partial charge is 0.500 e. The van der Waals surface area contributed by atoms with Crippen molar-refractivity contribution in [2.24, 2.45) is 5.73 Å². The summed E-state index contributed by atoms with van der Waals surface area (Å²) in [6.45, 7) is 16.3. The summed E-state index contributed by atoms with van der Waals surface area (Å²) in [5.74, 6) is 0. The zero-order valence-corrected chi connectivity index (χ0v) is 18.6. The Balaban J connectivity index is 0. The zero-order chi connectivity index (χ0) is 18.7. The van der Waals surface area contributed by atoms with E-state index in [-0.39, 0.29) is 0 Å². The summed E-state index contributed by atoms with van der Waals surface area (Å²) in [6.07, 6.45) is 0.895. The Morgan fingerprint density at radius 1 is 0.667 bits per heavy atom. The van der Waals surface area contributed by atoms with Gasteiger partial charge in [-0.1, -0.05) is 0 Å². The highest BCUT2D eigenvalue weighted by molar-refractivity contribution is 6.60. The van der Waals surface area contributed by atoms with E-state index in [1.165, 1.54) is 0 Å². The molecule has 0 aliphatic heterocycles. The van der Waals surface area contributed by atoms with E-state index in [9.17, 15) is 0 Å². The third-order valence-electron chi connectivity index (χ3n) is 2.69. The summed E-state index contributed by atoms with van der Waals surface area (Å²) in [5.41, 5.74) is 5.48. The smallest absolute Gasteiger partial charge is 0.376 e. The second-order valence-electron chi connectivity index (χ2n) is 4.53. The van der Waals surface area contributed by atoms with Crippen molar-refractivity contribution in [2.45, 2.75) is 54.0 Å². The van der Waals surface area contributed by atoms with Crippen molar-refractivity contribution >= 4 is 18.3 Å². The lowest BCUT2D eigenvalue weighted by Gasteiger charge is -2.28. The van der Waals surface area contributed by atoms with Crippen LogP contribution < -0.4 is 5.73 Å². The van der Waals surface area contributed by atoms with Gasteiger partial charge in [0.25, 0.3) is 0 Å². The zero-order valence-electron chi connectivity index (χ0n) is 16.5. The molecule has 0 heterocycles.